The second-order valence-electron chi connectivity index (χ2n) is 4.99. The monoisotopic (exact) mass is 353 g/mol. The fourth-order valence-electron chi connectivity index (χ4n) is 1.80. The molecule has 2 aromatic carbocycles. The van der Waals surface area contributed by atoms with Gasteiger partial charge in [-0.25, -0.2) is 18.0 Å². The van der Waals surface area contributed by atoms with Gasteiger partial charge in [-0.15, -0.1) is 0 Å². The highest BCUT2D eigenvalue weighted by atomic mass is 19.1. The maximum Gasteiger partial charge on any atom is 0.347 e. The maximum atomic E-state index is 13.4. The molecule has 2 aromatic rings. The van der Waals surface area contributed by atoms with Crippen molar-refractivity contribution < 1.29 is 32.2 Å². The van der Waals surface area contributed by atoms with E-state index in [0.717, 1.165) is 24.3 Å². The van der Waals surface area contributed by atoms with Crippen molar-refractivity contribution in [3.05, 3.63) is 59.9 Å². The number of carbonyl (C=O) groups excluding carboxylic acids is 2. The minimum atomic E-state index is -1.04. The minimum absolute atomic E-state index is 0.238. The second kappa shape index (κ2) is 8.18. The zero-order chi connectivity index (χ0) is 18.4. The molecule has 1 atom stereocenters. The molecule has 0 heterocycles. The van der Waals surface area contributed by atoms with Gasteiger partial charge in [0.05, 0.1) is 5.69 Å². The van der Waals surface area contributed by atoms with Crippen LogP contribution in [0.1, 0.15) is 6.92 Å². The van der Waals surface area contributed by atoms with Crippen LogP contribution in [0, 0.1) is 17.5 Å². The number of benzene rings is 2. The standard InChI is InChI=1S/C17H14F3NO4/c1-10(25-13-5-2-11(18)3-6-13)17(23)24-9-16(22)21-15-7-4-12(19)8-14(15)20/h2-8,10H,9H2,1H3,(H,21,22)/t10-/m1/s1. The van der Waals surface area contributed by atoms with Gasteiger partial charge in [0.25, 0.3) is 5.91 Å². The highest BCUT2D eigenvalue weighted by Gasteiger charge is 2.18. The average Bonchev–Trinajstić information content (AvgIpc) is 2.57. The van der Waals surface area contributed by atoms with E-state index in [0.29, 0.717) is 6.07 Å². The van der Waals surface area contributed by atoms with Crippen LogP contribution in [-0.2, 0) is 14.3 Å². The first-order valence-electron chi connectivity index (χ1n) is 7.19. The molecule has 0 spiro atoms. The van der Waals surface area contributed by atoms with Gasteiger partial charge in [0, 0.05) is 6.07 Å². The molecular formula is C17H14F3NO4. The molecule has 0 aromatic heterocycles. The quantitative estimate of drug-likeness (QED) is 0.811. The summed E-state index contributed by atoms with van der Waals surface area (Å²) in [5.74, 6) is -3.57. The van der Waals surface area contributed by atoms with Crippen LogP contribution in [0.3, 0.4) is 0 Å². The lowest BCUT2D eigenvalue weighted by Crippen LogP contribution is -2.29. The largest absolute Gasteiger partial charge is 0.479 e. The van der Waals surface area contributed by atoms with E-state index in [9.17, 15) is 22.8 Å². The number of halogens is 3. The van der Waals surface area contributed by atoms with Crippen LogP contribution in [0.2, 0.25) is 0 Å². The Morgan fingerprint density at radius 3 is 2.32 bits per heavy atom. The van der Waals surface area contributed by atoms with Crippen molar-refractivity contribution in [3.63, 3.8) is 0 Å². The van der Waals surface area contributed by atoms with Gasteiger partial charge in [0.2, 0.25) is 0 Å². The second-order valence-corrected chi connectivity index (χ2v) is 4.99. The zero-order valence-corrected chi connectivity index (χ0v) is 13.1. The number of carbonyl (C=O) groups is 2. The zero-order valence-electron chi connectivity index (χ0n) is 13.1. The predicted molar refractivity (Wildman–Crippen MR) is 82.4 cm³/mol. The van der Waals surface area contributed by atoms with Gasteiger partial charge in [-0.2, -0.15) is 0 Å². The average molecular weight is 353 g/mol. The van der Waals surface area contributed by atoms with Crippen LogP contribution in [-0.4, -0.2) is 24.6 Å². The normalized spacial score (nSPS) is 11.5. The molecule has 1 N–H and O–H groups in total. The number of esters is 1. The molecule has 0 saturated carbocycles. The summed E-state index contributed by atoms with van der Waals surface area (Å²) in [6.45, 7) is 0.718. The summed E-state index contributed by atoms with van der Waals surface area (Å²) in [6.07, 6.45) is -1.04. The number of anilines is 1. The van der Waals surface area contributed by atoms with Gasteiger partial charge in [-0.05, 0) is 43.3 Å². The molecule has 0 radical (unpaired) electrons. The van der Waals surface area contributed by atoms with Crippen LogP contribution >= 0.6 is 0 Å². The first-order chi connectivity index (χ1) is 11.8. The smallest absolute Gasteiger partial charge is 0.347 e. The van der Waals surface area contributed by atoms with Gasteiger partial charge in [0.15, 0.2) is 12.7 Å². The minimum Gasteiger partial charge on any atom is -0.479 e. The topological polar surface area (TPSA) is 64.6 Å². The number of nitrogens with one attached hydrogen (secondary N) is 1. The van der Waals surface area contributed by atoms with E-state index < -0.39 is 42.0 Å². The Kier molecular flexibility index (Phi) is 5.99. The Bertz CT molecular complexity index is 765. The molecule has 2 rings (SSSR count). The number of hydrogen-bond acceptors (Lipinski definition) is 4. The number of hydrogen-bond donors (Lipinski definition) is 1. The van der Waals surface area contributed by atoms with Crippen molar-refractivity contribution in [2.45, 2.75) is 13.0 Å². The third-order valence-electron chi connectivity index (χ3n) is 3.01. The third kappa shape index (κ3) is 5.52. The molecule has 8 heteroatoms. The van der Waals surface area contributed by atoms with Crippen molar-refractivity contribution in [3.8, 4) is 5.75 Å². The number of ether oxygens (including phenoxy) is 2. The van der Waals surface area contributed by atoms with Crippen LogP contribution in [0.5, 0.6) is 5.75 Å². The van der Waals surface area contributed by atoms with Crippen LogP contribution in [0.25, 0.3) is 0 Å². The summed E-state index contributed by atoms with van der Waals surface area (Å²) in [4.78, 5) is 23.4. The molecule has 1 amide bonds. The molecule has 132 valence electrons. The van der Waals surface area contributed by atoms with E-state index in [1.54, 1.807) is 0 Å². The lowest BCUT2D eigenvalue weighted by molar-refractivity contribution is -0.153. The molecule has 0 aliphatic rings. The molecule has 0 aliphatic heterocycles. The van der Waals surface area contributed by atoms with Gasteiger partial charge >= 0.3 is 5.97 Å². The van der Waals surface area contributed by atoms with E-state index in [1.807, 2.05) is 0 Å². The van der Waals surface area contributed by atoms with E-state index in [-0.39, 0.29) is 11.4 Å². The molecule has 0 unspecified atom stereocenters. The number of rotatable bonds is 6. The third-order valence-corrected chi connectivity index (χ3v) is 3.01. The van der Waals surface area contributed by atoms with E-state index in [1.165, 1.54) is 19.1 Å². The Morgan fingerprint density at radius 2 is 1.68 bits per heavy atom. The van der Waals surface area contributed by atoms with Crippen LogP contribution in [0.4, 0.5) is 18.9 Å². The van der Waals surface area contributed by atoms with Crippen LogP contribution < -0.4 is 10.1 Å². The SMILES string of the molecule is C[C@@H](Oc1ccc(F)cc1)C(=O)OCC(=O)Nc1ccc(F)cc1F. The van der Waals surface area contributed by atoms with Gasteiger partial charge in [-0.3, -0.25) is 4.79 Å². The molecule has 25 heavy (non-hydrogen) atoms. The highest BCUT2D eigenvalue weighted by Crippen LogP contribution is 2.15. The Morgan fingerprint density at radius 1 is 1.04 bits per heavy atom. The summed E-state index contributed by atoms with van der Waals surface area (Å²) >= 11 is 0. The van der Waals surface area contributed by atoms with Crippen molar-refractivity contribution in [1.82, 2.24) is 0 Å². The molecule has 5 nitrogen and oxygen atoms in total. The lowest BCUT2D eigenvalue weighted by atomic mass is 10.3. The highest BCUT2D eigenvalue weighted by molar-refractivity contribution is 5.93. The summed E-state index contributed by atoms with van der Waals surface area (Å²) in [5.41, 5.74) is -0.238. The Balaban J connectivity index is 1.82. The lowest BCUT2D eigenvalue weighted by Gasteiger charge is -2.14. The predicted octanol–water partition coefficient (Wildman–Crippen LogP) is 3.05. The summed E-state index contributed by atoms with van der Waals surface area (Å²) < 4.78 is 48.9. The Labute approximate surface area is 141 Å². The fourth-order valence-corrected chi connectivity index (χ4v) is 1.80. The first-order valence-corrected chi connectivity index (χ1v) is 7.19. The van der Waals surface area contributed by atoms with E-state index in [2.05, 4.69) is 5.32 Å². The van der Waals surface area contributed by atoms with E-state index in [4.69, 9.17) is 9.47 Å². The summed E-state index contributed by atoms with van der Waals surface area (Å²) in [5, 5.41) is 2.15. The van der Waals surface area contributed by atoms with Crippen LogP contribution in [0.15, 0.2) is 42.5 Å². The number of amides is 1. The summed E-state index contributed by atoms with van der Waals surface area (Å²) in [7, 11) is 0. The van der Waals surface area contributed by atoms with Crippen molar-refractivity contribution >= 4 is 17.6 Å². The summed E-state index contributed by atoms with van der Waals surface area (Å²) in [6, 6.07) is 7.64. The molecule has 0 bridgehead atoms. The van der Waals surface area contributed by atoms with Crippen molar-refractivity contribution in [2.75, 3.05) is 11.9 Å². The molecule has 0 saturated heterocycles. The molecular weight excluding hydrogens is 339 g/mol. The van der Waals surface area contributed by atoms with Crippen molar-refractivity contribution in [1.29, 1.82) is 0 Å². The van der Waals surface area contributed by atoms with E-state index >= 15 is 0 Å². The van der Waals surface area contributed by atoms with Gasteiger partial charge < -0.3 is 14.8 Å². The molecule has 0 fully saturated rings. The van der Waals surface area contributed by atoms with Gasteiger partial charge in [0.1, 0.15) is 23.2 Å². The Hall–Kier alpha value is -3.03. The van der Waals surface area contributed by atoms with Crippen molar-refractivity contribution in [2.24, 2.45) is 0 Å². The fraction of sp³-hybridized carbons (Fsp3) is 0.176. The first kappa shape index (κ1) is 18.3. The van der Waals surface area contributed by atoms with Gasteiger partial charge in [-0.1, -0.05) is 0 Å². The maximum absolute atomic E-state index is 13.4. The molecule has 0 aliphatic carbocycles.